The minimum absolute atomic E-state index is 0. The topological polar surface area (TPSA) is 123 Å². The van der Waals surface area contributed by atoms with Crippen LogP contribution in [0.2, 0.25) is 0 Å². The van der Waals surface area contributed by atoms with Crippen molar-refractivity contribution in [2.24, 2.45) is 0 Å². The predicted molar refractivity (Wildman–Crippen MR) is 135 cm³/mol. The van der Waals surface area contributed by atoms with Gasteiger partial charge in [-0.2, -0.15) is 0 Å². The van der Waals surface area contributed by atoms with E-state index in [0.717, 1.165) is 0 Å². The molecule has 2 saturated heterocycles. The third-order valence-corrected chi connectivity index (χ3v) is 5.87. The molecule has 0 aromatic rings. The minimum Gasteiger partial charge on any atom is -0.412 e. The number of nitrogens with zero attached hydrogens (tertiary/aromatic N) is 6. The summed E-state index contributed by atoms with van der Waals surface area (Å²) in [5.74, 6) is 0. The van der Waals surface area contributed by atoms with Crippen molar-refractivity contribution in [2.75, 3.05) is 120 Å². The normalized spacial score (nSPS) is 20.8. The van der Waals surface area contributed by atoms with Crippen LogP contribution in [0, 0.1) is 7.43 Å². The fourth-order valence-corrected chi connectivity index (χ4v) is 3.58. The molecule has 0 atom stereocenters. The van der Waals surface area contributed by atoms with Crippen molar-refractivity contribution >= 4 is 0 Å². The molecule has 2 rings (SSSR count). The van der Waals surface area contributed by atoms with Crippen molar-refractivity contribution in [3.63, 3.8) is 0 Å². The Morgan fingerprint density at radius 2 is 0.765 bits per heavy atom. The molecule has 2 aliphatic rings. The summed E-state index contributed by atoms with van der Waals surface area (Å²) in [6.45, 7) is 18.2. The van der Waals surface area contributed by atoms with Crippen molar-refractivity contribution in [2.45, 2.75) is 19.6 Å². The van der Waals surface area contributed by atoms with Gasteiger partial charge in [-0.05, 0) is 54.6 Å². The quantitative estimate of drug-likeness (QED) is 0.221. The van der Waals surface area contributed by atoms with E-state index in [1.165, 1.54) is 105 Å². The smallest absolute Gasteiger partial charge is 0.412 e. The first-order valence-corrected chi connectivity index (χ1v) is 11.3. The second-order valence-electron chi connectivity index (χ2n) is 8.88. The summed E-state index contributed by atoms with van der Waals surface area (Å²) in [5, 5.41) is 15.2. The Labute approximate surface area is 231 Å². The third kappa shape index (κ3) is 24.3. The van der Waals surface area contributed by atoms with Crippen molar-refractivity contribution in [1.82, 2.24) is 29.4 Å². The molecule has 2 fully saturated rings. The van der Waals surface area contributed by atoms with Gasteiger partial charge in [0.1, 0.15) is 6.29 Å². The zero-order chi connectivity index (χ0) is 21.6. The monoisotopic (exact) mass is 577 g/mol. The van der Waals surface area contributed by atoms with Gasteiger partial charge in [0.2, 0.25) is 0 Å². The third-order valence-electron chi connectivity index (χ3n) is 5.87. The number of aliphatic hydroxyl groups excluding tert-OH is 1. The van der Waals surface area contributed by atoms with Crippen LogP contribution in [0.25, 0.3) is 0 Å². The van der Waals surface area contributed by atoms with Gasteiger partial charge in [0.15, 0.2) is 0 Å². The second kappa shape index (κ2) is 26.7. The molecule has 0 saturated carbocycles. The van der Waals surface area contributed by atoms with Gasteiger partial charge in [0.05, 0.1) is 0 Å². The SMILES string of the molecule is CC(O)O.CN1CCCN(CCN2CCN(C)CCN(C)CC2)CCN(C)CC1.O.O.[CH3-].[Mn+3].[Mn+3]. The van der Waals surface area contributed by atoms with E-state index in [9.17, 15) is 0 Å². The molecule has 0 radical (unpaired) electrons. The zero-order valence-electron chi connectivity index (χ0n) is 22.5. The van der Waals surface area contributed by atoms with Crippen molar-refractivity contribution in [3.8, 4) is 0 Å². The Morgan fingerprint density at radius 3 is 1.09 bits per heavy atom. The number of rotatable bonds is 3. The standard InChI is InChI=1S/C19H42N6.C2H6O2.CH3.2Mn.2H2O/c1-20-6-5-7-24(15-12-21(2)9-8-20)18-19-25-16-13-22(3)10-11-23(4)14-17-25;1-2(3)4;;;;;/h5-19H2,1-4H3;2-4H,1H3;1H3;;;2*1H2/q;;-1;2*+3;;. The van der Waals surface area contributed by atoms with Gasteiger partial charge in [-0.1, -0.05) is 0 Å². The molecular formula is C22H55Mn2N6O4+5. The van der Waals surface area contributed by atoms with Crippen LogP contribution in [-0.4, -0.2) is 177 Å². The first-order valence-electron chi connectivity index (χ1n) is 11.3. The van der Waals surface area contributed by atoms with Gasteiger partial charge in [-0.3, -0.25) is 4.90 Å². The average molecular weight is 578 g/mol. The Balaban J connectivity index is -0.000000289. The summed E-state index contributed by atoms with van der Waals surface area (Å²) in [5.41, 5.74) is 0. The molecule has 2 heterocycles. The Morgan fingerprint density at radius 1 is 0.529 bits per heavy atom. The summed E-state index contributed by atoms with van der Waals surface area (Å²) in [6, 6.07) is 0. The molecule has 0 spiro atoms. The Hall–Kier alpha value is 0.639. The van der Waals surface area contributed by atoms with Gasteiger partial charge < -0.3 is 53.1 Å². The summed E-state index contributed by atoms with van der Waals surface area (Å²) >= 11 is 0. The van der Waals surface area contributed by atoms with Crippen LogP contribution in [0.3, 0.4) is 0 Å². The molecule has 6 N–H and O–H groups in total. The molecule has 12 heteroatoms. The number of likely N-dealkylation sites (N-methyl/N-ethyl adjacent to an activating group) is 4. The van der Waals surface area contributed by atoms with E-state index in [-0.39, 0.29) is 52.5 Å². The minimum atomic E-state index is -1.17. The Kier molecular flexibility index (Phi) is 35.0. The van der Waals surface area contributed by atoms with Crippen LogP contribution in [-0.2, 0) is 34.1 Å². The summed E-state index contributed by atoms with van der Waals surface area (Å²) in [7, 11) is 9.04. The largest absolute Gasteiger partial charge is 3.00 e. The molecule has 206 valence electrons. The predicted octanol–water partition coefficient (Wildman–Crippen LogP) is -2.15. The summed E-state index contributed by atoms with van der Waals surface area (Å²) < 4.78 is 0. The van der Waals surface area contributed by atoms with Gasteiger partial charge in [0, 0.05) is 78.5 Å². The summed E-state index contributed by atoms with van der Waals surface area (Å²) in [6.07, 6.45) is 0.131. The van der Waals surface area contributed by atoms with Crippen molar-refractivity contribution in [1.29, 1.82) is 0 Å². The average Bonchev–Trinajstić information content (AvgIpc) is 2.73. The van der Waals surface area contributed by atoms with E-state index in [4.69, 9.17) is 10.2 Å². The number of hydrogen-bond donors (Lipinski definition) is 2. The Bertz CT molecular complexity index is 403. The molecule has 0 aliphatic carbocycles. The maximum Gasteiger partial charge on any atom is 3.00 e. The van der Waals surface area contributed by atoms with Crippen molar-refractivity contribution < 1.29 is 55.3 Å². The second-order valence-corrected chi connectivity index (χ2v) is 8.88. The van der Waals surface area contributed by atoms with Crippen LogP contribution in [0.1, 0.15) is 13.3 Å². The molecule has 10 nitrogen and oxygen atoms in total. The molecule has 0 amide bonds. The van der Waals surface area contributed by atoms with Crippen LogP contribution < -0.4 is 0 Å². The summed E-state index contributed by atoms with van der Waals surface area (Å²) in [4.78, 5) is 15.3. The van der Waals surface area contributed by atoms with Gasteiger partial charge >= 0.3 is 34.1 Å². The number of hydrogen-bond acceptors (Lipinski definition) is 8. The molecule has 0 aromatic carbocycles. The molecule has 0 bridgehead atoms. The molecular weight excluding hydrogens is 522 g/mol. The molecule has 0 unspecified atom stereocenters. The van der Waals surface area contributed by atoms with Crippen molar-refractivity contribution in [3.05, 3.63) is 7.43 Å². The van der Waals surface area contributed by atoms with Gasteiger partial charge in [-0.25, -0.2) is 0 Å². The fourth-order valence-electron chi connectivity index (χ4n) is 3.58. The first kappa shape index (κ1) is 44.6. The van der Waals surface area contributed by atoms with Crippen LogP contribution in [0.5, 0.6) is 0 Å². The van der Waals surface area contributed by atoms with E-state index in [2.05, 4.69) is 57.6 Å². The first-order chi connectivity index (χ1) is 13.8. The fraction of sp³-hybridized carbons (Fsp3) is 0.955. The van der Waals surface area contributed by atoms with E-state index in [1.807, 2.05) is 0 Å². The van der Waals surface area contributed by atoms with E-state index in [0.29, 0.717) is 0 Å². The molecule has 2 aliphatic heterocycles. The van der Waals surface area contributed by atoms with Crippen LogP contribution in [0.15, 0.2) is 0 Å². The van der Waals surface area contributed by atoms with Gasteiger partial charge in [0.25, 0.3) is 0 Å². The van der Waals surface area contributed by atoms with Gasteiger partial charge in [-0.15, -0.1) is 0 Å². The maximum absolute atomic E-state index is 7.61. The van der Waals surface area contributed by atoms with Crippen LogP contribution in [0.4, 0.5) is 0 Å². The van der Waals surface area contributed by atoms with E-state index in [1.54, 1.807) is 0 Å². The van der Waals surface area contributed by atoms with E-state index >= 15 is 0 Å². The molecule has 34 heavy (non-hydrogen) atoms. The zero-order valence-corrected chi connectivity index (χ0v) is 24.9. The molecule has 0 aromatic heterocycles. The van der Waals surface area contributed by atoms with E-state index < -0.39 is 6.29 Å². The van der Waals surface area contributed by atoms with Crippen LogP contribution >= 0.6 is 0 Å². The number of aliphatic hydroxyl groups is 2. The maximum atomic E-state index is 7.61.